The second kappa shape index (κ2) is 8.23. The second-order valence-electron chi connectivity index (χ2n) is 7.58. The lowest BCUT2D eigenvalue weighted by atomic mass is 9.93. The van der Waals surface area contributed by atoms with Crippen LogP contribution in [0.2, 0.25) is 0 Å². The van der Waals surface area contributed by atoms with Crippen LogP contribution >= 0.6 is 22.7 Å². The van der Waals surface area contributed by atoms with Crippen LogP contribution in [0, 0.1) is 13.8 Å². The van der Waals surface area contributed by atoms with E-state index in [1.54, 1.807) is 0 Å². The molecule has 0 spiro atoms. The summed E-state index contributed by atoms with van der Waals surface area (Å²) >= 11 is 3.65. The van der Waals surface area contributed by atoms with Gasteiger partial charge in [0, 0.05) is 34.3 Å². The fourth-order valence-electron chi connectivity index (χ4n) is 3.96. The summed E-state index contributed by atoms with van der Waals surface area (Å²) in [6.07, 6.45) is 6.04. The van der Waals surface area contributed by atoms with Gasteiger partial charge in [-0.1, -0.05) is 6.08 Å². The largest absolute Gasteiger partial charge is 0.383 e. The summed E-state index contributed by atoms with van der Waals surface area (Å²) in [6, 6.07) is 4.80. The number of hydrogen-bond donors (Lipinski definition) is 1. The summed E-state index contributed by atoms with van der Waals surface area (Å²) in [5.41, 5.74) is 4.83. The first kappa shape index (κ1) is 19.4. The first-order valence-corrected chi connectivity index (χ1v) is 11.5. The zero-order valence-corrected chi connectivity index (χ0v) is 18.2. The van der Waals surface area contributed by atoms with E-state index in [-0.39, 0.29) is 5.56 Å². The second-order valence-corrected chi connectivity index (χ2v) is 9.42. The van der Waals surface area contributed by atoms with Crippen molar-refractivity contribution in [3.63, 3.8) is 0 Å². The molecular weight excluding hydrogens is 388 g/mol. The van der Waals surface area contributed by atoms with Gasteiger partial charge < -0.3 is 9.42 Å². The average molecular weight is 415 g/mol. The molecule has 1 aliphatic rings. The van der Waals surface area contributed by atoms with Crippen LogP contribution in [0.25, 0.3) is 5.57 Å². The summed E-state index contributed by atoms with van der Waals surface area (Å²) in [7, 11) is 2.17. The van der Waals surface area contributed by atoms with Gasteiger partial charge in [-0.05, 0) is 74.2 Å². The van der Waals surface area contributed by atoms with Crippen LogP contribution in [0.15, 0.2) is 38.3 Å². The van der Waals surface area contributed by atoms with E-state index in [0.717, 1.165) is 43.6 Å². The van der Waals surface area contributed by atoms with E-state index in [9.17, 15) is 4.79 Å². The summed E-state index contributed by atoms with van der Waals surface area (Å²) in [5, 5.41) is 6.83. The molecule has 0 amide bonds. The molecule has 28 heavy (non-hydrogen) atoms. The fraction of sp³-hybridized carbons (Fsp3) is 0.409. The third kappa shape index (κ3) is 3.81. The molecule has 4 rings (SSSR count). The molecular formula is C22H26N2O2S2. The van der Waals surface area contributed by atoms with E-state index in [0.29, 0.717) is 6.04 Å². The smallest absolute Gasteiger partial charge is 0.283 e. The predicted molar refractivity (Wildman–Crippen MR) is 118 cm³/mol. The van der Waals surface area contributed by atoms with Crippen molar-refractivity contribution in [3.8, 4) is 0 Å². The van der Waals surface area contributed by atoms with Gasteiger partial charge in [-0.2, -0.15) is 5.16 Å². The van der Waals surface area contributed by atoms with E-state index in [1.807, 2.05) is 22.7 Å². The number of hydrogen-bond acceptors (Lipinski definition) is 5. The van der Waals surface area contributed by atoms with Crippen LogP contribution in [0.4, 0.5) is 0 Å². The number of nitrogens with one attached hydrogen (secondary N) is 1. The Hall–Kier alpha value is -1.89. The highest BCUT2D eigenvalue weighted by Crippen LogP contribution is 2.35. The Labute approximate surface area is 173 Å². The van der Waals surface area contributed by atoms with E-state index < -0.39 is 0 Å². The molecule has 3 aromatic rings. The van der Waals surface area contributed by atoms with E-state index >= 15 is 0 Å². The maximum Gasteiger partial charge on any atom is 0.283 e. The standard InChI is InChI=1S/C22H26N2O2S2/c1-14-8-11-27-20(14)17(21-15(2)9-12-28-21)5-4-10-24(3)16-6-7-19-18(13-16)22(25)23-26-19/h5,8-9,11-12,16H,4,6-7,10,13H2,1-3H3,(H,23,25)/t16-/m1/s1. The molecule has 1 atom stereocenters. The fourth-order valence-corrected chi connectivity index (χ4v) is 5.97. The van der Waals surface area contributed by atoms with Gasteiger partial charge in [0.15, 0.2) is 0 Å². The lowest BCUT2D eigenvalue weighted by Crippen LogP contribution is -2.38. The van der Waals surface area contributed by atoms with E-state index in [1.165, 1.54) is 26.5 Å². The Balaban J connectivity index is 1.47. The number of H-pyrrole nitrogens is 1. The molecule has 3 aromatic heterocycles. The minimum absolute atomic E-state index is 0.0587. The van der Waals surface area contributed by atoms with Crippen molar-refractivity contribution < 1.29 is 4.52 Å². The molecule has 0 saturated heterocycles. The van der Waals surface area contributed by atoms with Crippen molar-refractivity contribution in [2.24, 2.45) is 0 Å². The Bertz CT molecular complexity index is 995. The molecule has 4 nitrogen and oxygen atoms in total. The molecule has 0 saturated carbocycles. The highest BCUT2D eigenvalue weighted by molar-refractivity contribution is 7.14. The number of rotatable bonds is 6. The monoisotopic (exact) mass is 414 g/mol. The summed E-state index contributed by atoms with van der Waals surface area (Å²) in [6.45, 7) is 5.36. The Morgan fingerprint density at radius 1 is 1.25 bits per heavy atom. The number of aromatic nitrogens is 1. The molecule has 0 fully saturated rings. The Morgan fingerprint density at radius 2 is 1.93 bits per heavy atom. The SMILES string of the molecule is Cc1ccsc1C(=CCCN(C)[C@@H]1CCc2o[nH]c(=O)c2C1)c1sccc1C. The summed E-state index contributed by atoms with van der Waals surface area (Å²) in [5.74, 6) is 0.846. The summed E-state index contributed by atoms with van der Waals surface area (Å²) in [4.78, 5) is 17.0. The van der Waals surface area contributed by atoms with Gasteiger partial charge in [0.2, 0.25) is 0 Å². The molecule has 1 aliphatic carbocycles. The summed E-state index contributed by atoms with van der Waals surface area (Å²) < 4.78 is 5.27. The Kier molecular flexibility index (Phi) is 5.71. The molecule has 1 N–H and O–H groups in total. The van der Waals surface area contributed by atoms with Crippen LogP contribution in [0.1, 0.15) is 45.0 Å². The highest BCUT2D eigenvalue weighted by atomic mass is 32.1. The van der Waals surface area contributed by atoms with Crippen molar-refractivity contribution in [1.29, 1.82) is 0 Å². The van der Waals surface area contributed by atoms with Crippen LogP contribution in [-0.4, -0.2) is 29.7 Å². The van der Waals surface area contributed by atoms with Gasteiger partial charge in [0.05, 0.1) is 5.56 Å². The van der Waals surface area contributed by atoms with Gasteiger partial charge in [-0.3, -0.25) is 4.79 Å². The van der Waals surface area contributed by atoms with Crippen molar-refractivity contribution in [1.82, 2.24) is 10.1 Å². The van der Waals surface area contributed by atoms with Gasteiger partial charge in [0.25, 0.3) is 5.56 Å². The first-order valence-electron chi connectivity index (χ1n) is 9.73. The third-order valence-corrected chi connectivity index (χ3v) is 7.79. The van der Waals surface area contributed by atoms with Gasteiger partial charge in [-0.25, -0.2) is 0 Å². The lowest BCUT2D eigenvalue weighted by molar-refractivity contribution is 0.217. The Morgan fingerprint density at radius 3 is 2.54 bits per heavy atom. The number of aryl methyl sites for hydroxylation is 3. The van der Waals surface area contributed by atoms with Crippen molar-refractivity contribution in [3.05, 3.63) is 71.5 Å². The zero-order chi connectivity index (χ0) is 19.7. The van der Waals surface area contributed by atoms with Crippen molar-refractivity contribution >= 4 is 28.2 Å². The predicted octanol–water partition coefficient (Wildman–Crippen LogP) is 5.02. The van der Waals surface area contributed by atoms with Crippen LogP contribution < -0.4 is 5.56 Å². The van der Waals surface area contributed by atoms with Crippen LogP contribution in [-0.2, 0) is 12.8 Å². The van der Waals surface area contributed by atoms with Gasteiger partial charge in [-0.15, -0.1) is 22.7 Å². The number of thiophene rings is 2. The van der Waals surface area contributed by atoms with Gasteiger partial charge in [0.1, 0.15) is 5.76 Å². The third-order valence-electron chi connectivity index (χ3n) is 5.69. The van der Waals surface area contributed by atoms with Crippen LogP contribution in [0.3, 0.4) is 0 Å². The number of nitrogens with zero attached hydrogens (tertiary/aromatic N) is 1. The maximum absolute atomic E-state index is 11.9. The van der Waals surface area contributed by atoms with Crippen molar-refractivity contribution in [2.75, 3.05) is 13.6 Å². The van der Waals surface area contributed by atoms with Crippen LogP contribution in [0.5, 0.6) is 0 Å². The van der Waals surface area contributed by atoms with Gasteiger partial charge >= 0.3 is 0 Å². The molecule has 148 valence electrons. The number of likely N-dealkylation sites (N-methyl/N-ethyl adjacent to an activating group) is 1. The molecule has 0 bridgehead atoms. The molecule has 3 heterocycles. The molecule has 0 unspecified atom stereocenters. The highest BCUT2D eigenvalue weighted by Gasteiger charge is 2.26. The van der Waals surface area contributed by atoms with E-state index in [4.69, 9.17) is 4.52 Å². The molecule has 6 heteroatoms. The van der Waals surface area contributed by atoms with Crippen molar-refractivity contribution in [2.45, 2.75) is 45.6 Å². The molecule has 0 aliphatic heterocycles. The quantitative estimate of drug-likeness (QED) is 0.616. The molecule has 0 aromatic carbocycles. The number of aromatic amines is 1. The zero-order valence-electron chi connectivity index (χ0n) is 16.6. The maximum atomic E-state index is 11.9. The topological polar surface area (TPSA) is 49.2 Å². The minimum Gasteiger partial charge on any atom is -0.383 e. The first-order chi connectivity index (χ1) is 13.5. The lowest BCUT2D eigenvalue weighted by Gasteiger charge is -2.29. The normalized spacial score (nSPS) is 16.4. The van der Waals surface area contributed by atoms with E-state index in [2.05, 4.69) is 59.9 Å². The molecule has 0 radical (unpaired) electrons. The number of fused-ring (bicyclic) bond motifs is 1. The minimum atomic E-state index is -0.0587. The average Bonchev–Trinajstić information content (AvgIpc) is 3.40.